The van der Waals surface area contributed by atoms with Crippen LogP contribution in [0.2, 0.25) is 0 Å². The maximum absolute atomic E-state index is 12.2. The number of piperidine rings is 1. The second-order valence-electron chi connectivity index (χ2n) is 11.4. The molecule has 2 aliphatic heterocycles. The summed E-state index contributed by atoms with van der Waals surface area (Å²) in [6, 6.07) is 8.43. The first kappa shape index (κ1) is 31.2. The van der Waals surface area contributed by atoms with Crippen LogP contribution in [0.15, 0.2) is 47.3 Å². The van der Waals surface area contributed by atoms with Crippen LogP contribution in [0.3, 0.4) is 0 Å². The third kappa shape index (κ3) is 7.07. The molecule has 2 aliphatic rings. The number of ether oxygens (including phenoxy) is 1. The molecule has 4 aromatic rings. The number of nitrogens with one attached hydrogen (secondary N) is 3. The summed E-state index contributed by atoms with van der Waals surface area (Å²) in [5.41, 5.74) is 4.90. The molecule has 14 heteroatoms. The molecule has 238 valence electrons. The van der Waals surface area contributed by atoms with E-state index in [1.807, 2.05) is 0 Å². The number of sulfonamides is 1. The zero-order chi connectivity index (χ0) is 31.6. The van der Waals surface area contributed by atoms with E-state index in [9.17, 15) is 8.42 Å². The molecule has 3 N–H and O–H groups in total. The maximum atomic E-state index is 12.2. The smallest absolute Gasteiger partial charge is 0.229 e. The van der Waals surface area contributed by atoms with E-state index >= 15 is 0 Å². The van der Waals surface area contributed by atoms with Gasteiger partial charge in [0, 0.05) is 49.5 Å². The Morgan fingerprint density at radius 3 is 2.47 bits per heavy atom. The molecule has 6 rings (SSSR count). The highest BCUT2D eigenvalue weighted by atomic mass is 79.9. The zero-order valence-electron chi connectivity index (χ0n) is 25.7. The van der Waals surface area contributed by atoms with Gasteiger partial charge in [-0.15, -0.1) is 0 Å². The Kier molecular flexibility index (Phi) is 9.24. The normalized spacial score (nSPS) is 16.2. The van der Waals surface area contributed by atoms with Gasteiger partial charge in [-0.1, -0.05) is 6.92 Å². The molecule has 0 amide bonds. The van der Waals surface area contributed by atoms with Crippen molar-refractivity contribution in [2.24, 2.45) is 0 Å². The van der Waals surface area contributed by atoms with Crippen molar-refractivity contribution < 1.29 is 13.2 Å². The third-order valence-electron chi connectivity index (χ3n) is 8.42. The number of aryl methyl sites for hydroxylation is 1. The Hall–Kier alpha value is -3.75. The molecule has 2 aromatic carbocycles. The van der Waals surface area contributed by atoms with Crippen molar-refractivity contribution in [1.82, 2.24) is 24.8 Å². The van der Waals surface area contributed by atoms with E-state index in [0.717, 1.165) is 31.5 Å². The fourth-order valence-corrected chi connectivity index (χ4v) is 7.10. The quantitative estimate of drug-likeness (QED) is 0.189. The van der Waals surface area contributed by atoms with E-state index < -0.39 is 10.0 Å². The van der Waals surface area contributed by atoms with Gasteiger partial charge in [0.15, 0.2) is 0 Å². The summed E-state index contributed by atoms with van der Waals surface area (Å²) in [6.45, 7) is 6.71. The number of fused-ring (bicyclic) bond motifs is 1. The molecule has 0 spiro atoms. The first-order chi connectivity index (χ1) is 21.7. The van der Waals surface area contributed by atoms with Crippen LogP contribution >= 0.6 is 15.9 Å². The molecule has 4 heterocycles. The number of anilines is 6. The molecule has 0 radical (unpaired) electrons. The Morgan fingerprint density at radius 2 is 1.76 bits per heavy atom. The average molecular weight is 697 g/mol. The van der Waals surface area contributed by atoms with Gasteiger partial charge >= 0.3 is 0 Å². The van der Waals surface area contributed by atoms with E-state index in [0.29, 0.717) is 44.8 Å². The Bertz CT molecular complexity index is 1790. The summed E-state index contributed by atoms with van der Waals surface area (Å²) in [7, 11) is -1.94. The standard InChI is InChI=1S/C31H38BrN9O3S/c1-4-20-17-25(27(44-2)18-26(20)41-15-9-21(10-16-41)40-13-5-6-14-40)37-31-35-19-22(32)30(38-31)36-24-8-7-23-28(34-12-11-33-23)29(24)39-45(3,42)43/h7-8,11-12,17-19,21,39H,4-6,9-10,13-16H2,1-3H3,(H2,35,36,37,38). The third-order valence-corrected chi connectivity index (χ3v) is 9.57. The van der Waals surface area contributed by atoms with Crippen LogP contribution in [-0.4, -0.2) is 78.8 Å². The number of rotatable bonds is 10. The molecular weight excluding hydrogens is 658 g/mol. The number of benzene rings is 2. The van der Waals surface area contributed by atoms with Gasteiger partial charge in [-0.2, -0.15) is 4.98 Å². The fraction of sp³-hybridized carbons (Fsp3) is 0.419. The van der Waals surface area contributed by atoms with Crippen molar-refractivity contribution in [2.75, 3.05) is 59.8 Å². The van der Waals surface area contributed by atoms with Crippen LogP contribution in [0.5, 0.6) is 5.75 Å². The summed E-state index contributed by atoms with van der Waals surface area (Å²) >= 11 is 3.52. The SMILES string of the molecule is CCc1cc(Nc2ncc(Br)c(Nc3ccc4nccnc4c3NS(C)(=O)=O)n2)c(OC)cc1N1CCC(N2CCCC2)CC1. The van der Waals surface area contributed by atoms with Gasteiger partial charge in [-0.3, -0.25) is 14.7 Å². The molecule has 0 aliphatic carbocycles. The molecule has 0 saturated carbocycles. The van der Waals surface area contributed by atoms with Crippen LogP contribution < -0.4 is 25.0 Å². The molecule has 45 heavy (non-hydrogen) atoms. The summed E-state index contributed by atoms with van der Waals surface area (Å²) in [6.07, 6.45) is 11.7. The molecule has 0 bridgehead atoms. The van der Waals surface area contributed by atoms with Crippen molar-refractivity contribution in [2.45, 2.75) is 45.1 Å². The lowest BCUT2D eigenvalue weighted by Gasteiger charge is -2.38. The summed E-state index contributed by atoms with van der Waals surface area (Å²) < 4.78 is 33.5. The number of aromatic nitrogens is 4. The maximum Gasteiger partial charge on any atom is 0.229 e. The van der Waals surface area contributed by atoms with Gasteiger partial charge in [-0.05, 0) is 84.9 Å². The fourth-order valence-electron chi connectivity index (χ4n) is 6.23. The van der Waals surface area contributed by atoms with E-state index in [2.05, 4.69) is 75.1 Å². The average Bonchev–Trinajstić information content (AvgIpc) is 3.58. The molecule has 12 nitrogen and oxygen atoms in total. The lowest BCUT2D eigenvalue weighted by Crippen LogP contribution is -2.44. The van der Waals surface area contributed by atoms with Gasteiger partial charge in [0.1, 0.15) is 17.1 Å². The number of methoxy groups -OCH3 is 1. The van der Waals surface area contributed by atoms with Crippen molar-refractivity contribution in [3.63, 3.8) is 0 Å². The van der Waals surface area contributed by atoms with Crippen LogP contribution in [0.25, 0.3) is 11.0 Å². The minimum absolute atomic E-state index is 0.275. The number of likely N-dealkylation sites (tertiary alicyclic amines) is 1. The van der Waals surface area contributed by atoms with Crippen molar-refractivity contribution in [3.8, 4) is 5.75 Å². The zero-order valence-corrected chi connectivity index (χ0v) is 28.1. The molecular formula is C31H38BrN9O3S. The molecule has 2 saturated heterocycles. The van der Waals surface area contributed by atoms with Gasteiger partial charge in [0.2, 0.25) is 16.0 Å². The van der Waals surface area contributed by atoms with Crippen LogP contribution in [0.4, 0.5) is 34.5 Å². The Labute approximate surface area is 272 Å². The summed E-state index contributed by atoms with van der Waals surface area (Å²) in [4.78, 5) is 23.0. The van der Waals surface area contributed by atoms with Crippen LogP contribution in [0, 0.1) is 0 Å². The van der Waals surface area contributed by atoms with Crippen molar-refractivity contribution in [1.29, 1.82) is 0 Å². The first-order valence-electron chi connectivity index (χ1n) is 15.2. The summed E-state index contributed by atoms with van der Waals surface area (Å²) in [5, 5.41) is 6.58. The number of hydrogen-bond donors (Lipinski definition) is 3. The number of nitrogens with zero attached hydrogens (tertiary/aromatic N) is 6. The lowest BCUT2D eigenvalue weighted by molar-refractivity contribution is 0.208. The van der Waals surface area contributed by atoms with Crippen LogP contribution in [0.1, 0.15) is 38.2 Å². The lowest BCUT2D eigenvalue weighted by atomic mass is 10.0. The molecule has 0 unspecified atom stereocenters. The van der Waals surface area contributed by atoms with Gasteiger partial charge in [0.25, 0.3) is 0 Å². The number of hydrogen-bond acceptors (Lipinski definition) is 11. The minimum Gasteiger partial charge on any atom is -0.494 e. The van der Waals surface area contributed by atoms with Crippen molar-refractivity contribution in [3.05, 3.63) is 52.9 Å². The van der Waals surface area contributed by atoms with Gasteiger partial charge in [0.05, 0.1) is 40.4 Å². The van der Waals surface area contributed by atoms with E-state index in [-0.39, 0.29) is 5.69 Å². The van der Waals surface area contributed by atoms with E-state index in [1.165, 1.54) is 56.2 Å². The Balaban J connectivity index is 1.25. The minimum atomic E-state index is -3.61. The predicted octanol–water partition coefficient (Wildman–Crippen LogP) is 5.68. The van der Waals surface area contributed by atoms with E-state index in [1.54, 1.807) is 31.6 Å². The molecule has 0 atom stereocenters. The second-order valence-corrected chi connectivity index (χ2v) is 14.0. The first-order valence-corrected chi connectivity index (χ1v) is 17.9. The number of halogens is 1. The largest absolute Gasteiger partial charge is 0.494 e. The van der Waals surface area contributed by atoms with E-state index in [4.69, 9.17) is 9.72 Å². The molecule has 2 aromatic heterocycles. The Morgan fingerprint density at radius 1 is 1.00 bits per heavy atom. The highest BCUT2D eigenvalue weighted by Gasteiger charge is 2.28. The monoisotopic (exact) mass is 695 g/mol. The van der Waals surface area contributed by atoms with Crippen molar-refractivity contribution >= 4 is 71.5 Å². The second kappa shape index (κ2) is 13.3. The highest BCUT2D eigenvalue weighted by molar-refractivity contribution is 9.10. The van der Waals surface area contributed by atoms with Gasteiger partial charge in [-0.25, -0.2) is 13.4 Å². The highest BCUT2D eigenvalue weighted by Crippen LogP contribution is 2.38. The van der Waals surface area contributed by atoms with Gasteiger partial charge < -0.3 is 25.2 Å². The summed E-state index contributed by atoms with van der Waals surface area (Å²) in [5.74, 6) is 1.48. The van der Waals surface area contributed by atoms with Crippen LogP contribution in [-0.2, 0) is 16.4 Å². The predicted molar refractivity (Wildman–Crippen MR) is 183 cm³/mol. The molecule has 2 fully saturated rings. The topological polar surface area (TPSA) is 138 Å².